The predicted molar refractivity (Wildman–Crippen MR) is 72.2 cm³/mol. The third kappa shape index (κ3) is 3.91. The predicted octanol–water partition coefficient (Wildman–Crippen LogP) is 3.95. The lowest BCUT2D eigenvalue weighted by Crippen LogP contribution is -2.08. The van der Waals surface area contributed by atoms with E-state index in [-0.39, 0.29) is 5.97 Å². The Morgan fingerprint density at radius 3 is 2.81 bits per heavy atom. The molecule has 16 heavy (non-hydrogen) atoms. The Morgan fingerprint density at radius 1 is 1.44 bits per heavy atom. The van der Waals surface area contributed by atoms with Gasteiger partial charge in [0.05, 0.1) is 12.2 Å². The van der Waals surface area contributed by atoms with Crippen molar-refractivity contribution in [2.24, 2.45) is 0 Å². The molecule has 0 fully saturated rings. The molecule has 0 aliphatic carbocycles. The van der Waals surface area contributed by atoms with Crippen LogP contribution in [-0.4, -0.2) is 17.9 Å². The normalized spacial score (nSPS) is 10.2. The number of carbonyl (C=O) groups is 1. The molecule has 0 bridgehead atoms. The van der Waals surface area contributed by atoms with Crippen molar-refractivity contribution in [3.05, 3.63) is 33.8 Å². The lowest BCUT2D eigenvalue weighted by molar-refractivity contribution is 0.0525. The highest BCUT2D eigenvalue weighted by Crippen LogP contribution is 2.19. The molecule has 2 nitrogen and oxygen atoms in total. The fraction of sp³-hybridized carbons (Fsp3) is 0.417. The SMILES string of the molecule is CCOC(=O)c1cc(Br)ccc1CCCBr. The molecule has 0 saturated heterocycles. The minimum absolute atomic E-state index is 0.242. The summed E-state index contributed by atoms with van der Waals surface area (Å²) in [4.78, 5) is 11.7. The lowest BCUT2D eigenvalue weighted by atomic mass is 10.0. The quantitative estimate of drug-likeness (QED) is 0.594. The zero-order valence-electron chi connectivity index (χ0n) is 9.13. The van der Waals surface area contributed by atoms with Crippen molar-refractivity contribution in [1.29, 1.82) is 0 Å². The van der Waals surface area contributed by atoms with E-state index in [4.69, 9.17) is 4.74 Å². The summed E-state index contributed by atoms with van der Waals surface area (Å²) < 4.78 is 5.93. The van der Waals surface area contributed by atoms with E-state index >= 15 is 0 Å². The van der Waals surface area contributed by atoms with Crippen molar-refractivity contribution in [2.75, 3.05) is 11.9 Å². The van der Waals surface area contributed by atoms with Crippen LogP contribution in [0.15, 0.2) is 22.7 Å². The molecular formula is C12H14Br2O2. The number of carbonyl (C=O) groups excluding carboxylic acids is 1. The van der Waals surface area contributed by atoms with E-state index in [1.54, 1.807) is 0 Å². The first-order valence-electron chi connectivity index (χ1n) is 5.20. The smallest absolute Gasteiger partial charge is 0.338 e. The van der Waals surface area contributed by atoms with Crippen LogP contribution < -0.4 is 0 Å². The highest BCUT2D eigenvalue weighted by atomic mass is 79.9. The maximum atomic E-state index is 11.7. The minimum atomic E-state index is -0.242. The van der Waals surface area contributed by atoms with E-state index in [1.165, 1.54) is 0 Å². The average molecular weight is 350 g/mol. The monoisotopic (exact) mass is 348 g/mol. The van der Waals surface area contributed by atoms with Gasteiger partial charge in [-0.2, -0.15) is 0 Å². The zero-order valence-corrected chi connectivity index (χ0v) is 12.3. The number of ether oxygens (including phenoxy) is 1. The Kier molecular flexibility index (Phi) is 6.06. The van der Waals surface area contributed by atoms with Crippen LogP contribution in [-0.2, 0) is 11.2 Å². The molecule has 0 radical (unpaired) electrons. The summed E-state index contributed by atoms with van der Waals surface area (Å²) in [6.45, 7) is 2.22. The topological polar surface area (TPSA) is 26.3 Å². The molecule has 0 amide bonds. The summed E-state index contributed by atoms with van der Waals surface area (Å²) in [7, 11) is 0. The van der Waals surface area contributed by atoms with Gasteiger partial charge in [-0.3, -0.25) is 0 Å². The molecule has 0 unspecified atom stereocenters. The third-order valence-corrected chi connectivity index (χ3v) is 3.20. The Bertz CT molecular complexity index is 364. The number of aryl methyl sites for hydroxylation is 1. The number of rotatable bonds is 5. The van der Waals surface area contributed by atoms with Gasteiger partial charge in [0.1, 0.15) is 0 Å². The fourth-order valence-electron chi connectivity index (χ4n) is 1.42. The van der Waals surface area contributed by atoms with E-state index in [0.717, 1.165) is 28.2 Å². The van der Waals surface area contributed by atoms with Crippen LogP contribution in [0.1, 0.15) is 29.3 Å². The highest BCUT2D eigenvalue weighted by molar-refractivity contribution is 9.10. The second-order valence-electron chi connectivity index (χ2n) is 3.31. The minimum Gasteiger partial charge on any atom is -0.462 e. The highest BCUT2D eigenvalue weighted by Gasteiger charge is 2.12. The number of halogens is 2. The van der Waals surface area contributed by atoms with Gasteiger partial charge >= 0.3 is 5.97 Å². The van der Waals surface area contributed by atoms with Crippen LogP contribution in [0, 0.1) is 0 Å². The number of benzene rings is 1. The van der Waals surface area contributed by atoms with Crippen molar-refractivity contribution in [1.82, 2.24) is 0 Å². The summed E-state index contributed by atoms with van der Waals surface area (Å²) in [5, 5.41) is 0.936. The van der Waals surface area contributed by atoms with Crippen molar-refractivity contribution in [2.45, 2.75) is 19.8 Å². The van der Waals surface area contributed by atoms with E-state index in [1.807, 2.05) is 25.1 Å². The second-order valence-corrected chi connectivity index (χ2v) is 5.02. The Labute approximate surface area is 113 Å². The number of hydrogen-bond donors (Lipinski definition) is 0. The van der Waals surface area contributed by atoms with Crippen molar-refractivity contribution < 1.29 is 9.53 Å². The fourth-order valence-corrected chi connectivity index (χ4v) is 2.06. The van der Waals surface area contributed by atoms with Crippen LogP contribution in [0.3, 0.4) is 0 Å². The number of hydrogen-bond acceptors (Lipinski definition) is 2. The van der Waals surface area contributed by atoms with Gasteiger partial charge in [0.2, 0.25) is 0 Å². The summed E-state index contributed by atoms with van der Waals surface area (Å²) in [5.74, 6) is -0.242. The molecule has 0 aromatic heterocycles. The molecule has 0 atom stereocenters. The molecule has 0 aliphatic rings. The first kappa shape index (κ1) is 13.7. The van der Waals surface area contributed by atoms with Gasteiger partial charge in [0.15, 0.2) is 0 Å². The van der Waals surface area contributed by atoms with Crippen LogP contribution >= 0.6 is 31.9 Å². The van der Waals surface area contributed by atoms with Gasteiger partial charge in [-0.1, -0.05) is 37.9 Å². The molecule has 0 heterocycles. The van der Waals surface area contributed by atoms with E-state index < -0.39 is 0 Å². The molecule has 0 N–H and O–H groups in total. The van der Waals surface area contributed by atoms with E-state index in [9.17, 15) is 4.79 Å². The molecule has 4 heteroatoms. The van der Waals surface area contributed by atoms with E-state index in [2.05, 4.69) is 31.9 Å². The number of esters is 1. The van der Waals surface area contributed by atoms with Gasteiger partial charge in [-0.25, -0.2) is 4.79 Å². The summed E-state index contributed by atoms with van der Waals surface area (Å²) in [6.07, 6.45) is 1.89. The molecule has 0 spiro atoms. The van der Waals surface area contributed by atoms with Crippen molar-refractivity contribution in [3.63, 3.8) is 0 Å². The molecule has 0 aliphatic heterocycles. The summed E-state index contributed by atoms with van der Waals surface area (Å²) in [5.41, 5.74) is 1.71. The average Bonchev–Trinajstić information content (AvgIpc) is 2.27. The van der Waals surface area contributed by atoms with Gasteiger partial charge in [-0.15, -0.1) is 0 Å². The van der Waals surface area contributed by atoms with E-state index in [0.29, 0.717) is 12.2 Å². The summed E-state index contributed by atoms with van der Waals surface area (Å²) in [6, 6.07) is 5.74. The first-order valence-corrected chi connectivity index (χ1v) is 7.12. The Hall–Kier alpha value is -0.350. The maximum absolute atomic E-state index is 11.7. The third-order valence-electron chi connectivity index (χ3n) is 2.15. The molecule has 88 valence electrons. The summed E-state index contributed by atoms with van der Waals surface area (Å²) >= 11 is 6.76. The van der Waals surface area contributed by atoms with Crippen molar-refractivity contribution in [3.8, 4) is 0 Å². The van der Waals surface area contributed by atoms with Gasteiger partial charge < -0.3 is 4.74 Å². The van der Waals surface area contributed by atoms with Gasteiger partial charge in [0, 0.05) is 9.80 Å². The van der Waals surface area contributed by atoms with Crippen LogP contribution in [0.5, 0.6) is 0 Å². The molecular weight excluding hydrogens is 336 g/mol. The molecule has 0 saturated carbocycles. The van der Waals surface area contributed by atoms with Gasteiger partial charge in [0.25, 0.3) is 0 Å². The standard InChI is InChI=1S/C12H14Br2O2/c1-2-16-12(15)11-8-10(14)6-5-9(11)4-3-7-13/h5-6,8H,2-4,7H2,1H3. The number of alkyl halides is 1. The second kappa shape index (κ2) is 7.07. The maximum Gasteiger partial charge on any atom is 0.338 e. The largest absolute Gasteiger partial charge is 0.462 e. The lowest BCUT2D eigenvalue weighted by Gasteiger charge is -2.08. The molecule has 1 rings (SSSR count). The molecule has 1 aromatic rings. The Morgan fingerprint density at radius 2 is 2.19 bits per heavy atom. The van der Waals surface area contributed by atoms with Crippen LogP contribution in [0.4, 0.5) is 0 Å². The van der Waals surface area contributed by atoms with Crippen LogP contribution in [0.25, 0.3) is 0 Å². The van der Waals surface area contributed by atoms with Crippen LogP contribution in [0.2, 0.25) is 0 Å². The Balaban J connectivity index is 2.93. The van der Waals surface area contributed by atoms with Crippen molar-refractivity contribution >= 4 is 37.8 Å². The molecule has 1 aromatic carbocycles. The first-order chi connectivity index (χ1) is 7.69. The zero-order chi connectivity index (χ0) is 12.0. The van der Waals surface area contributed by atoms with Gasteiger partial charge in [-0.05, 0) is 37.5 Å².